The fraction of sp³-hybridized carbons (Fsp3) is 0.444. The van der Waals surface area contributed by atoms with E-state index in [4.69, 9.17) is 4.84 Å². The number of aliphatic carboxylic acids is 1. The van der Waals surface area contributed by atoms with Crippen molar-refractivity contribution >= 4 is 29.2 Å². The summed E-state index contributed by atoms with van der Waals surface area (Å²) >= 11 is 0. The van der Waals surface area contributed by atoms with E-state index in [1.807, 2.05) is 0 Å². The molecule has 6 atom stereocenters. The average molecular weight is 384 g/mol. The van der Waals surface area contributed by atoms with Crippen LogP contribution in [0.25, 0.3) is 0 Å². The van der Waals surface area contributed by atoms with Crippen molar-refractivity contribution in [3.8, 4) is 0 Å². The lowest BCUT2D eigenvalue weighted by Gasteiger charge is -2.29. The SMILES string of the molecule is O=C([O-])CN1C(=O)[C@@H]2[C@H]3C[C@H]([C@H]4ON=C(c5cccc([N+](=O)[O-])c5)[C@@H]34)[C@@H]2C1=O. The Morgan fingerprint density at radius 1 is 1.21 bits per heavy atom. The third-order valence-electron chi connectivity index (χ3n) is 6.42. The Bertz CT molecular complexity index is 974. The molecule has 4 aliphatic rings. The van der Waals surface area contributed by atoms with Crippen LogP contribution < -0.4 is 5.11 Å². The molecule has 0 unspecified atom stereocenters. The van der Waals surface area contributed by atoms with Crippen molar-refractivity contribution in [3.05, 3.63) is 39.9 Å². The summed E-state index contributed by atoms with van der Waals surface area (Å²) in [6, 6.07) is 6.06. The molecule has 144 valence electrons. The highest BCUT2D eigenvalue weighted by Crippen LogP contribution is 2.61. The molecule has 0 aromatic heterocycles. The Morgan fingerprint density at radius 2 is 1.93 bits per heavy atom. The van der Waals surface area contributed by atoms with Gasteiger partial charge in [-0.25, -0.2) is 0 Å². The first-order valence-electron chi connectivity index (χ1n) is 8.92. The number of hydrogen-bond acceptors (Lipinski definition) is 8. The smallest absolute Gasteiger partial charge is 0.270 e. The Hall–Kier alpha value is -3.30. The topological polar surface area (TPSA) is 142 Å². The van der Waals surface area contributed by atoms with Gasteiger partial charge in [-0.1, -0.05) is 17.3 Å². The maximum atomic E-state index is 12.7. The summed E-state index contributed by atoms with van der Waals surface area (Å²) in [7, 11) is 0. The molecule has 0 spiro atoms. The van der Waals surface area contributed by atoms with Crippen LogP contribution in [0.1, 0.15) is 12.0 Å². The minimum atomic E-state index is -1.48. The molecule has 0 radical (unpaired) electrons. The van der Waals surface area contributed by atoms with Crippen LogP contribution in [0.4, 0.5) is 5.69 Å². The lowest BCUT2D eigenvalue weighted by molar-refractivity contribution is -0.384. The average Bonchev–Trinajstić information content (AvgIpc) is 3.38. The number of carbonyl (C=O) groups is 3. The van der Waals surface area contributed by atoms with E-state index >= 15 is 0 Å². The summed E-state index contributed by atoms with van der Waals surface area (Å²) < 4.78 is 0. The Labute approximate surface area is 157 Å². The number of rotatable bonds is 4. The van der Waals surface area contributed by atoms with Crippen LogP contribution in [-0.4, -0.2) is 46.0 Å². The number of amides is 2. The number of carboxylic acid groups (broad SMARTS) is 1. The van der Waals surface area contributed by atoms with Gasteiger partial charge in [0.25, 0.3) is 5.69 Å². The number of carboxylic acids is 1. The number of fused-ring (bicyclic) bond motifs is 8. The standard InChI is InChI=1S/C18H15N3O7/c22-11(23)6-20-17(24)12-9-5-10(13(12)18(20)25)16-14(9)15(19-28-16)7-2-1-3-8(4-7)21(26)27/h1-4,9-10,12-14,16H,5-6H2,(H,22,23)/p-1/t9-,10+,12-,13+,14-,16-/m1/s1. The summed E-state index contributed by atoms with van der Waals surface area (Å²) in [6.45, 7) is -0.744. The second kappa shape index (κ2) is 5.60. The number of nitro groups is 1. The molecule has 10 nitrogen and oxygen atoms in total. The van der Waals surface area contributed by atoms with Crippen LogP contribution >= 0.6 is 0 Å². The molecule has 2 heterocycles. The second-order valence-corrected chi connectivity index (χ2v) is 7.63. The number of oxime groups is 1. The van der Waals surface area contributed by atoms with E-state index in [2.05, 4.69) is 5.16 Å². The molecule has 1 aromatic rings. The largest absolute Gasteiger partial charge is 0.548 e. The zero-order valence-electron chi connectivity index (χ0n) is 14.4. The van der Waals surface area contributed by atoms with E-state index in [1.165, 1.54) is 12.1 Å². The van der Waals surface area contributed by atoms with Crippen LogP contribution in [0.2, 0.25) is 0 Å². The van der Waals surface area contributed by atoms with E-state index < -0.39 is 41.1 Å². The third kappa shape index (κ3) is 2.08. The van der Waals surface area contributed by atoms with Crippen molar-refractivity contribution in [3.63, 3.8) is 0 Å². The molecule has 2 bridgehead atoms. The summed E-state index contributed by atoms with van der Waals surface area (Å²) in [5.74, 6) is -4.38. The zero-order valence-corrected chi connectivity index (χ0v) is 14.4. The van der Waals surface area contributed by atoms with Crippen LogP contribution in [0.3, 0.4) is 0 Å². The van der Waals surface area contributed by atoms with Crippen LogP contribution in [0, 0.1) is 39.7 Å². The maximum absolute atomic E-state index is 12.7. The molecule has 1 saturated heterocycles. The van der Waals surface area contributed by atoms with Gasteiger partial charge < -0.3 is 14.7 Å². The van der Waals surface area contributed by atoms with Gasteiger partial charge in [0.2, 0.25) is 11.8 Å². The fourth-order valence-corrected chi connectivity index (χ4v) is 5.49. The first-order valence-corrected chi connectivity index (χ1v) is 8.92. The van der Waals surface area contributed by atoms with Gasteiger partial charge in [0, 0.05) is 29.5 Å². The lowest BCUT2D eigenvalue weighted by atomic mass is 9.71. The van der Waals surface area contributed by atoms with Crippen molar-refractivity contribution in [1.82, 2.24) is 4.90 Å². The Kier molecular flexibility index (Phi) is 3.37. The molecule has 2 amide bonds. The Balaban J connectivity index is 1.47. The molecule has 2 aliphatic carbocycles. The van der Waals surface area contributed by atoms with E-state index in [1.54, 1.807) is 12.1 Å². The normalized spacial score (nSPS) is 34.9. The number of carbonyl (C=O) groups excluding carboxylic acids is 3. The van der Waals surface area contributed by atoms with Crippen LogP contribution in [-0.2, 0) is 19.2 Å². The predicted molar refractivity (Wildman–Crippen MR) is 88.3 cm³/mol. The third-order valence-corrected chi connectivity index (χ3v) is 6.42. The highest BCUT2D eigenvalue weighted by atomic mass is 16.6. The highest BCUT2D eigenvalue weighted by molar-refractivity contribution is 6.10. The molecule has 5 rings (SSSR count). The maximum Gasteiger partial charge on any atom is 0.270 e. The molecular formula is C18H14N3O7-. The van der Waals surface area contributed by atoms with Gasteiger partial charge in [0.15, 0.2) is 0 Å². The van der Waals surface area contributed by atoms with Gasteiger partial charge >= 0.3 is 0 Å². The number of nitro benzene ring substituents is 1. The molecule has 28 heavy (non-hydrogen) atoms. The van der Waals surface area contributed by atoms with Gasteiger partial charge in [-0.05, 0) is 12.3 Å². The quantitative estimate of drug-likeness (QED) is 0.380. The van der Waals surface area contributed by atoms with Crippen LogP contribution in [0.5, 0.6) is 0 Å². The lowest BCUT2D eigenvalue weighted by Crippen LogP contribution is -2.42. The van der Waals surface area contributed by atoms with E-state index in [-0.39, 0.29) is 29.5 Å². The van der Waals surface area contributed by atoms with Gasteiger partial charge in [0.1, 0.15) is 6.10 Å². The second-order valence-electron chi connectivity index (χ2n) is 7.63. The van der Waals surface area contributed by atoms with Crippen LogP contribution in [0.15, 0.2) is 29.4 Å². The molecule has 10 heteroatoms. The first-order chi connectivity index (χ1) is 13.4. The molecule has 2 saturated carbocycles. The van der Waals surface area contributed by atoms with E-state index in [0.717, 1.165) is 4.90 Å². The van der Waals surface area contributed by atoms with Crippen molar-refractivity contribution in [2.24, 2.45) is 34.7 Å². The highest BCUT2D eigenvalue weighted by Gasteiger charge is 2.70. The monoisotopic (exact) mass is 384 g/mol. The molecule has 3 fully saturated rings. The minimum absolute atomic E-state index is 0.0723. The number of nitrogens with zero attached hydrogens (tertiary/aromatic N) is 3. The summed E-state index contributed by atoms with van der Waals surface area (Å²) in [6.07, 6.45) is 0.218. The molecule has 0 N–H and O–H groups in total. The van der Waals surface area contributed by atoms with Crippen molar-refractivity contribution < 1.29 is 29.3 Å². The Morgan fingerprint density at radius 3 is 2.61 bits per heavy atom. The van der Waals surface area contributed by atoms with Gasteiger partial charge in [-0.3, -0.25) is 24.6 Å². The summed E-state index contributed by atoms with van der Waals surface area (Å²) in [5.41, 5.74) is 1.02. The van der Waals surface area contributed by atoms with E-state index in [0.29, 0.717) is 17.7 Å². The number of imide groups is 1. The van der Waals surface area contributed by atoms with Gasteiger partial charge in [0.05, 0.1) is 35.0 Å². The number of non-ortho nitro benzene ring substituents is 1. The summed E-state index contributed by atoms with van der Waals surface area (Å²) in [5, 5.41) is 26.1. The number of hydrogen-bond donors (Lipinski definition) is 0. The molecule has 1 aromatic carbocycles. The predicted octanol–water partition coefficient (Wildman–Crippen LogP) is -0.685. The van der Waals surface area contributed by atoms with E-state index in [9.17, 15) is 29.6 Å². The number of likely N-dealkylation sites (tertiary alicyclic amines) is 1. The minimum Gasteiger partial charge on any atom is -0.548 e. The summed E-state index contributed by atoms with van der Waals surface area (Å²) in [4.78, 5) is 53.2. The zero-order chi connectivity index (χ0) is 19.7. The van der Waals surface area contributed by atoms with Crippen molar-refractivity contribution in [2.45, 2.75) is 12.5 Å². The van der Waals surface area contributed by atoms with Gasteiger partial charge in [-0.2, -0.15) is 0 Å². The molecule has 2 aliphatic heterocycles. The van der Waals surface area contributed by atoms with Crippen molar-refractivity contribution in [2.75, 3.05) is 6.54 Å². The van der Waals surface area contributed by atoms with Gasteiger partial charge in [-0.15, -0.1) is 0 Å². The number of benzene rings is 1. The van der Waals surface area contributed by atoms with Crippen molar-refractivity contribution in [1.29, 1.82) is 0 Å². The fourth-order valence-electron chi connectivity index (χ4n) is 5.49. The first kappa shape index (κ1) is 16.8. The molecular weight excluding hydrogens is 370 g/mol.